The number of ether oxygens (including phenoxy) is 1. The van der Waals surface area contributed by atoms with Crippen molar-refractivity contribution in [3.63, 3.8) is 0 Å². The van der Waals surface area contributed by atoms with Crippen LogP contribution in [-0.4, -0.2) is 32.7 Å². The molecule has 0 fully saturated rings. The van der Waals surface area contributed by atoms with Crippen molar-refractivity contribution in [3.05, 3.63) is 65.5 Å². The van der Waals surface area contributed by atoms with E-state index in [4.69, 9.17) is 4.74 Å². The van der Waals surface area contributed by atoms with Crippen molar-refractivity contribution in [2.24, 2.45) is 0 Å². The zero-order valence-corrected chi connectivity index (χ0v) is 15.1. The summed E-state index contributed by atoms with van der Waals surface area (Å²) in [4.78, 5) is 13.5. The highest BCUT2D eigenvalue weighted by Crippen LogP contribution is 2.29. The molecule has 2 atom stereocenters. The maximum absolute atomic E-state index is 12.9. The van der Waals surface area contributed by atoms with E-state index in [9.17, 15) is 9.18 Å². The highest BCUT2D eigenvalue weighted by atomic mass is 19.1. The van der Waals surface area contributed by atoms with Crippen LogP contribution in [0.1, 0.15) is 30.0 Å². The summed E-state index contributed by atoms with van der Waals surface area (Å²) in [6.07, 6.45) is 3.19. The lowest BCUT2D eigenvalue weighted by molar-refractivity contribution is -0.871. The number of halogens is 1. The van der Waals surface area contributed by atoms with Crippen molar-refractivity contribution in [1.29, 1.82) is 0 Å². The molecule has 2 N–H and O–H groups in total. The third-order valence-electron chi connectivity index (χ3n) is 4.78. The van der Waals surface area contributed by atoms with Gasteiger partial charge in [-0.25, -0.2) is 4.39 Å². The Morgan fingerprint density at radius 1 is 1.23 bits per heavy atom. The monoisotopic (exact) mass is 357 g/mol. The van der Waals surface area contributed by atoms with Gasteiger partial charge in [0, 0.05) is 0 Å². The number of hydrogen-bond donors (Lipinski definition) is 2. The Bertz CT molecular complexity index is 733. The molecule has 4 nitrogen and oxygen atoms in total. The van der Waals surface area contributed by atoms with Crippen molar-refractivity contribution in [1.82, 2.24) is 5.32 Å². The molecule has 5 heteroatoms. The van der Waals surface area contributed by atoms with Crippen molar-refractivity contribution < 1.29 is 18.8 Å². The van der Waals surface area contributed by atoms with Crippen LogP contribution >= 0.6 is 0 Å². The standard InChI is InChI=1S/C21H25FN2O2/c1-24(13-14-26-18-11-9-17(22)10-12-18)15-21(25)23-20-8-4-6-16-5-2-3-7-19(16)20/h2-3,5,7,9-12,20H,4,6,8,13-15H2,1H3,(H,23,25)/p+1/t20-/m1/s1. The van der Waals surface area contributed by atoms with Gasteiger partial charge in [-0.2, -0.15) is 0 Å². The fourth-order valence-electron chi connectivity index (χ4n) is 3.39. The van der Waals surface area contributed by atoms with Gasteiger partial charge in [0.15, 0.2) is 6.54 Å². The van der Waals surface area contributed by atoms with Crippen molar-refractivity contribution in [2.75, 3.05) is 26.7 Å². The summed E-state index contributed by atoms with van der Waals surface area (Å²) in [6.45, 7) is 1.59. The van der Waals surface area contributed by atoms with E-state index < -0.39 is 0 Å². The SMILES string of the molecule is C[NH+](CCOc1ccc(F)cc1)CC(=O)N[C@@H]1CCCc2ccccc21. The maximum Gasteiger partial charge on any atom is 0.275 e. The molecule has 138 valence electrons. The first kappa shape index (κ1) is 18.4. The highest BCUT2D eigenvalue weighted by molar-refractivity contribution is 5.77. The lowest BCUT2D eigenvalue weighted by atomic mass is 9.88. The van der Waals surface area contributed by atoms with E-state index in [0.29, 0.717) is 25.4 Å². The molecular weight excluding hydrogens is 331 g/mol. The van der Waals surface area contributed by atoms with Crippen LogP contribution in [0, 0.1) is 5.82 Å². The second-order valence-corrected chi connectivity index (χ2v) is 6.90. The van der Waals surface area contributed by atoms with Crippen molar-refractivity contribution >= 4 is 5.91 Å². The second-order valence-electron chi connectivity index (χ2n) is 6.90. The largest absolute Gasteiger partial charge is 0.488 e. The number of aryl methyl sites for hydroxylation is 1. The zero-order chi connectivity index (χ0) is 18.4. The summed E-state index contributed by atoms with van der Waals surface area (Å²) in [6, 6.07) is 14.5. The smallest absolute Gasteiger partial charge is 0.275 e. The number of benzene rings is 2. The van der Waals surface area contributed by atoms with Gasteiger partial charge in [-0.1, -0.05) is 24.3 Å². The molecule has 0 saturated heterocycles. The predicted octanol–water partition coefficient (Wildman–Crippen LogP) is 1.91. The minimum absolute atomic E-state index is 0.0611. The number of likely N-dealkylation sites (N-methyl/N-ethyl adjacent to an activating group) is 1. The topological polar surface area (TPSA) is 42.8 Å². The van der Waals surface area contributed by atoms with Gasteiger partial charge in [0.1, 0.15) is 24.7 Å². The maximum atomic E-state index is 12.9. The van der Waals surface area contributed by atoms with Gasteiger partial charge in [0.2, 0.25) is 0 Å². The summed E-state index contributed by atoms with van der Waals surface area (Å²) >= 11 is 0. The van der Waals surface area contributed by atoms with Gasteiger partial charge in [-0.3, -0.25) is 4.79 Å². The molecule has 2 aromatic carbocycles. The molecule has 1 aliphatic rings. The molecule has 0 radical (unpaired) electrons. The van der Waals surface area contributed by atoms with Crippen LogP contribution in [0.15, 0.2) is 48.5 Å². The fraction of sp³-hybridized carbons (Fsp3) is 0.381. The third kappa shape index (κ3) is 5.05. The second kappa shape index (κ2) is 8.81. The summed E-state index contributed by atoms with van der Waals surface area (Å²) < 4.78 is 18.5. The number of hydrogen-bond acceptors (Lipinski definition) is 2. The Kier molecular flexibility index (Phi) is 6.23. The van der Waals surface area contributed by atoms with Gasteiger partial charge in [0.05, 0.1) is 13.1 Å². The minimum Gasteiger partial charge on any atom is -0.488 e. The quantitative estimate of drug-likeness (QED) is 0.795. The predicted molar refractivity (Wildman–Crippen MR) is 98.8 cm³/mol. The Morgan fingerprint density at radius 2 is 2.00 bits per heavy atom. The van der Waals surface area contributed by atoms with E-state index in [-0.39, 0.29) is 17.8 Å². The lowest BCUT2D eigenvalue weighted by Gasteiger charge is -2.26. The summed E-state index contributed by atoms with van der Waals surface area (Å²) in [5.74, 6) is 0.425. The number of fused-ring (bicyclic) bond motifs is 1. The van der Waals surface area contributed by atoms with Crippen LogP contribution in [0.25, 0.3) is 0 Å². The highest BCUT2D eigenvalue weighted by Gasteiger charge is 2.22. The average Bonchev–Trinajstić information content (AvgIpc) is 2.63. The van der Waals surface area contributed by atoms with E-state index in [2.05, 4.69) is 23.5 Å². The molecule has 1 unspecified atom stereocenters. The summed E-state index contributed by atoms with van der Waals surface area (Å²) in [5.41, 5.74) is 2.60. The molecule has 1 amide bonds. The Morgan fingerprint density at radius 3 is 2.81 bits per heavy atom. The molecule has 0 aromatic heterocycles. The van der Waals surface area contributed by atoms with Gasteiger partial charge in [0.25, 0.3) is 5.91 Å². The van der Waals surface area contributed by atoms with E-state index in [1.807, 2.05) is 13.1 Å². The van der Waals surface area contributed by atoms with Gasteiger partial charge >= 0.3 is 0 Å². The Labute approximate surface area is 154 Å². The number of rotatable bonds is 7. The van der Waals surface area contributed by atoms with Crippen LogP contribution < -0.4 is 15.0 Å². The molecule has 26 heavy (non-hydrogen) atoms. The number of amides is 1. The first-order valence-corrected chi connectivity index (χ1v) is 9.18. The summed E-state index contributed by atoms with van der Waals surface area (Å²) in [7, 11) is 1.97. The van der Waals surface area contributed by atoms with Gasteiger partial charge < -0.3 is 15.0 Å². The number of carbonyl (C=O) groups is 1. The van der Waals surface area contributed by atoms with E-state index in [1.54, 1.807) is 12.1 Å². The van der Waals surface area contributed by atoms with Crippen LogP contribution in [-0.2, 0) is 11.2 Å². The van der Waals surface area contributed by atoms with Gasteiger partial charge in [-0.15, -0.1) is 0 Å². The minimum atomic E-state index is -0.277. The normalized spacial score (nSPS) is 17.2. The van der Waals surface area contributed by atoms with Gasteiger partial charge in [-0.05, 0) is 54.7 Å². The molecule has 0 heterocycles. The van der Waals surface area contributed by atoms with E-state index >= 15 is 0 Å². The third-order valence-corrected chi connectivity index (χ3v) is 4.78. The van der Waals surface area contributed by atoms with Crippen LogP contribution in [0.2, 0.25) is 0 Å². The first-order chi connectivity index (χ1) is 12.6. The fourth-order valence-corrected chi connectivity index (χ4v) is 3.39. The molecule has 0 saturated carbocycles. The van der Waals surface area contributed by atoms with Crippen LogP contribution in [0.4, 0.5) is 4.39 Å². The molecule has 0 aliphatic heterocycles. The van der Waals surface area contributed by atoms with E-state index in [0.717, 1.165) is 24.2 Å². The number of nitrogens with one attached hydrogen (secondary N) is 2. The molecule has 3 rings (SSSR count). The zero-order valence-electron chi connectivity index (χ0n) is 15.1. The van der Waals surface area contributed by atoms with Crippen molar-refractivity contribution in [3.8, 4) is 5.75 Å². The molecule has 0 bridgehead atoms. The number of carbonyl (C=O) groups excluding carboxylic acids is 1. The van der Waals surface area contributed by atoms with Crippen molar-refractivity contribution in [2.45, 2.75) is 25.3 Å². The average molecular weight is 357 g/mol. The lowest BCUT2D eigenvalue weighted by Crippen LogP contribution is -3.10. The van der Waals surface area contributed by atoms with E-state index in [1.165, 1.54) is 23.3 Å². The number of quaternary nitrogens is 1. The Hall–Kier alpha value is -2.40. The van der Waals surface area contributed by atoms with Crippen LogP contribution in [0.5, 0.6) is 5.75 Å². The Balaban J connectivity index is 1.42. The molecular formula is C21H26FN2O2+. The molecule has 2 aromatic rings. The molecule has 0 spiro atoms. The van der Waals surface area contributed by atoms with Crippen LogP contribution in [0.3, 0.4) is 0 Å². The summed E-state index contributed by atoms with van der Waals surface area (Å²) in [5, 5.41) is 3.18. The molecule has 1 aliphatic carbocycles. The first-order valence-electron chi connectivity index (χ1n) is 9.18.